The molecule has 0 fully saturated rings. The van der Waals surface area contributed by atoms with Gasteiger partial charge in [0.05, 0.1) is 17.8 Å². The lowest BCUT2D eigenvalue weighted by Crippen LogP contribution is -2.37. The number of rotatable bonds is 8. The summed E-state index contributed by atoms with van der Waals surface area (Å²) in [5.74, 6) is 0.0681. The molecular weight excluding hydrogens is 358 g/mol. The summed E-state index contributed by atoms with van der Waals surface area (Å²) in [7, 11) is 4.01. The van der Waals surface area contributed by atoms with Gasteiger partial charge in [-0.05, 0) is 37.9 Å². The van der Waals surface area contributed by atoms with Crippen molar-refractivity contribution in [2.75, 3.05) is 27.2 Å². The molecule has 0 saturated heterocycles. The fourth-order valence-corrected chi connectivity index (χ4v) is 3.38. The van der Waals surface area contributed by atoms with Crippen molar-refractivity contribution >= 4 is 17.2 Å². The predicted octanol–water partition coefficient (Wildman–Crippen LogP) is 2.73. The average molecular weight is 382 g/mol. The van der Waals surface area contributed by atoms with Crippen molar-refractivity contribution in [2.45, 2.75) is 13.0 Å². The van der Waals surface area contributed by atoms with Crippen LogP contribution in [0, 0.1) is 0 Å². The van der Waals surface area contributed by atoms with Crippen molar-refractivity contribution in [3.8, 4) is 10.7 Å². The number of carbonyl (C=O) groups is 1. The maximum Gasteiger partial charge on any atom is 0.228 e. The number of hydrogen-bond acceptors (Lipinski definition) is 6. The third kappa shape index (κ3) is 5.67. The molecule has 6 nitrogen and oxygen atoms in total. The number of nitrogens with zero attached hydrogens (tertiary/aromatic N) is 5. The topological polar surface area (TPSA) is 62.2 Å². The Hall–Kier alpha value is -2.64. The summed E-state index contributed by atoms with van der Waals surface area (Å²) in [5, 5.41) is 2.78. The summed E-state index contributed by atoms with van der Waals surface area (Å²) in [6.07, 6.45) is 5.58. The summed E-state index contributed by atoms with van der Waals surface area (Å²) >= 11 is 1.52. The molecule has 0 aromatic carbocycles. The SMILES string of the molecule is CN(C)CCN(Cc1cccnc1)C(=O)Cc1csc(-c2ccccn2)n1. The summed E-state index contributed by atoms with van der Waals surface area (Å²) in [5.41, 5.74) is 2.64. The van der Waals surface area contributed by atoms with E-state index >= 15 is 0 Å². The highest BCUT2D eigenvalue weighted by atomic mass is 32.1. The molecule has 0 N–H and O–H groups in total. The van der Waals surface area contributed by atoms with Crippen molar-refractivity contribution < 1.29 is 4.79 Å². The minimum absolute atomic E-state index is 0.0681. The van der Waals surface area contributed by atoms with E-state index in [9.17, 15) is 4.79 Å². The highest BCUT2D eigenvalue weighted by Gasteiger charge is 2.17. The van der Waals surface area contributed by atoms with Gasteiger partial charge in [-0.3, -0.25) is 14.8 Å². The minimum atomic E-state index is 0.0681. The molecule has 0 radical (unpaired) electrons. The minimum Gasteiger partial charge on any atom is -0.337 e. The first kappa shape index (κ1) is 19.1. The van der Waals surface area contributed by atoms with Gasteiger partial charge in [0, 0.05) is 43.6 Å². The molecule has 0 bridgehead atoms. The molecule has 140 valence electrons. The third-order valence-electron chi connectivity index (χ3n) is 4.03. The molecule has 0 spiro atoms. The molecule has 0 aliphatic carbocycles. The maximum atomic E-state index is 12.9. The van der Waals surface area contributed by atoms with Crippen LogP contribution in [0.2, 0.25) is 0 Å². The van der Waals surface area contributed by atoms with E-state index in [0.29, 0.717) is 13.1 Å². The Morgan fingerprint density at radius 2 is 2.00 bits per heavy atom. The van der Waals surface area contributed by atoms with Crippen molar-refractivity contribution in [1.29, 1.82) is 0 Å². The maximum absolute atomic E-state index is 12.9. The van der Waals surface area contributed by atoms with Crippen LogP contribution in [0.25, 0.3) is 10.7 Å². The molecule has 3 rings (SSSR count). The van der Waals surface area contributed by atoms with Gasteiger partial charge in [-0.25, -0.2) is 4.98 Å². The molecular formula is C20H23N5OS. The van der Waals surface area contributed by atoms with Crippen LogP contribution in [0.1, 0.15) is 11.3 Å². The average Bonchev–Trinajstić information content (AvgIpc) is 3.15. The zero-order valence-corrected chi connectivity index (χ0v) is 16.4. The summed E-state index contributed by atoms with van der Waals surface area (Å²) in [6, 6.07) is 9.62. The first-order valence-corrected chi connectivity index (χ1v) is 9.67. The lowest BCUT2D eigenvalue weighted by molar-refractivity contribution is -0.131. The zero-order valence-electron chi connectivity index (χ0n) is 15.6. The predicted molar refractivity (Wildman–Crippen MR) is 107 cm³/mol. The van der Waals surface area contributed by atoms with E-state index in [-0.39, 0.29) is 12.3 Å². The first-order chi connectivity index (χ1) is 13.1. The smallest absolute Gasteiger partial charge is 0.228 e. The van der Waals surface area contributed by atoms with E-state index in [1.165, 1.54) is 11.3 Å². The molecule has 0 aliphatic heterocycles. The van der Waals surface area contributed by atoms with Crippen LogP contribution in [0.15, 0.2) is 54.3 Å². The van der Waals surface area contributed by atoms with Crippen LogP contribution >= 0.6 is 11.3 Å². The van der Waals surface area contributed by atoms with Gasteiger partial charge in [0.1, 0.15) is 5.01 Å². The Morgan fingerprint density at radius 1 is 1.11 bits per heavy atom. The van der Waals surface area contributed by atoms with E-state index in [0.717, 1.165) is 28.5 Å². The second-order valence-corrected chi connectivity index (χ2v) is 7.37. The highest BCUT2D eigenvalue weighted by molar-refractivity contribution is 7.13. The van der Waals surface area contributed by atoms with Gasteiger partial charge < -0.3 is 9.80 Å². The van der Waals surface area contributed by atoms with Crippen LogP contribution in [0.3, 0.4) is 0 Å². The number of amides is 1. The third-order valence-corrected chi connectivity index (χ3v) is 4.95. The van der Waals surface area contributed by atoms with Crippen molar-refractivity contribution in [1.82, 2.24) is 24.8 Å². The summed E-state index contributed by atoms with van der Waals surface area (Å²) in [6.45, 7) is 2.03. The van der Waals surface area contributed by atoms with Gasteiger partial charge in [0.25, 0.3) is 0 Å². The zero-order chi connectivity index (χ0) is 19.1. The number of aromatic nitrogens is 3. The van der Waals surface area contributed by atoms with E-state index < -0.39 is 0 Å². The number of thiazole rings is 1. The molecule has 1 amide bonds. The molecule has 3 aromatic rings. The largest absolute Gasteiger partial charge is 0.337 e. The Labute approximate surface area is 163 Å². The normalized spacial score (nSPS) is 10.9. The van der Waals surface area contributed by atoms with Gasteiger partial charge >= 0.3 is 0 Å². The van der Waals surface area contributed by atoms with Crippen molar-refractivity contribution in [2.24, 2.45) is 0 Å². The Balaban J connectivity index is 1.69. The lowest BCUT2D eigenvalue weighted by Gasteiger charge is -2.24. The molecule has 7 heteroatoms. The van der Waals surface area contributed by atoms with E-state index in [4.69, 9.17) is 0 Å². The van der Waals surface area contributed by atoms with Gasteiger partial charge in [0.2, 0.25) is 5.91 Å². The fourth-order valence-electron chi connectivity index (χ4n) is 2.59. The van der Waals surface area contributed by atoms with Crippen LogP contribution in [-0.2, 0) is 17.8 Å². The van der Waals surface area contributed by atoms with E-state index in [1.54, 1.807) is 18.6 Å². The van der Waals surface area contributed by atoms with Gasteiger partial charge in [-0.2, -0.15) is 0 Å². The van der Waals surface area contributed by atoms with E-state index in [1.807, 2.05) is 54.7 Å². The highest BCUT2D eigenvalue weighted by Crippen LogP contribution is 2.22. The number of pyridine rings is 2. The fraction of sp³-hybridized carbons (Fsp3) is 0.300. The molecule has 0 atom stereocenters. The van der Waals surface area contributed by atoms with Crippen molar-refractivity contribution in [3.05, 3.63) is 65.6 Å². The van der Waals surface area contributed by atoms with Crippen LogP contribution in [-0.4, -0.2) is 57.8 Å². The van der Waals surface area contributed by atoms with Crippen LogP contribution < -0.4 is 0 Å². The molecule has 27 heavy (non-hydrogen) atoms. The first-order valence-electron chi connectivity index (χ1n) is 8.79. The van der Waals surface area contributed by atoms with E-state index in [2.05, 4.69) is 19.9 Å². The Bertz CT molecular complexity index is 851. The quantitative estimate of drug-likeness (QED) is 0.600. The van der Waals surface area contributed by atoms with Gasteiger partial charge in [0.15, 0.2) is 0 Å². The van der Waals surface area contributed by atoms with Gasteiger partial charge in [-0.15, -0.1) is 11.3 Å². The monoisotopic (exact) mass is 381 g/mol. The van der Waals surface area contributed by atoms with Crippen LogP contribution in [0.5, 0.6) is 0 Å². The molecule has 0 saturated carbocycles. The van der Waals surface area contributed by atoms with Crippen molar-refractivity contribution in [3.63, 3.8) is 0 Å². The lowest BCUT2D eigenvalue weighted by atomic mass is 10.2. The molecule has 0 aliphatic rings. The molecule has 0 unspecified atom stereocenters. The standard InChI is InChI=1S/C20H23N5OS/c1-24(2)10-11-25(14-16-6-5-8-21-13-16)19(26)12-17-15-27-20(23-17)18-7-3-4-9-22-18/h3-9,13,15H,10-12,14H2,1-2H3. The van der Waals surface area contributed by atoms with Gasteiger partial charge in [-0.1, -0.05) is 12.1 Å². The van der Waals surface area contributed by atoms with Crippen LogP contribution in [0.4, 0.5) is 0 Å². The number of carbonyl (C=O) groups excluding carboxylic acids is 1. The second-order valence-electron chi connectivity index (χ2n) is 6.52. The summed E-state index contributed by atoms with van der Waals surface area (Å²) in [4.78, 5) is 29.9. The number of hydrogen-bond donors (Lipinski definition) is 0. The Kier molecular flexibility index (Phi) is 6.62. The Morgan fingerprint density at radius 3 is 2.70 bits per heavy atom. The summed E-state index contributed by atoms with van der Waals surface area (Å²) < 4.78 is 0. The molecule has 3 heterocycles. The second kappa shape index (κ2) is 9.34. The number of likely N-dealkylation sites (N-methyl/N-ethyl adjacent to an activating group) is 1. The molecule has 3 aromatic heterocycles.